The molecule has 2 aliphatic rings. The number of rotatable bonds is 5. The van der Waals surface area contributed by atoms with Crippen molar-refractivity contribution < 1.29 is 13.7 Å². The van der Waals surface area contributed by atoms with Gasteiger partial charge in [0.1, 0.15) is 5.82 Å². The number of piperidine rings is 1. The molecular formula is C20H27FN4O2. The molecule has 7 heteroatoms. The van der Waals surface area contributed by atoms with Crippen LogP contribution in [0.3, 0.4) is 0 Å². The van der Waals surface area contributed by atoms with Gasteiger partial charge in [-0.15, -0.1) is 0 Å². The van der Waals surface area contributed by atoms with Gasteiger partial charge < -0.3 is 19.6 Å². The zero-order valence-electron chi connectivity index (χ0n) is 16.0. The van der Waals surface area contributed by atoms with Crippen molar-refractivity contribution in [2.24, 2.45) is 0 Å². The number of likely N-dealkylation sites (tertiary alicyclic amines) is 1. The number of halogens is 1. The van der Waals surface area contributed by atoms with Gasteiger partial charge in [-0.05, 0) is 58.3 Å². The largest absolute Gasteiger partial charge is 0.356 e. The number of nitrogens with one attached hydrogen (secondary N) is 1. The van der Waals surface area contributed by atoms with Crippen LogP contribution in [0.1, 0.15) is 44.7 Å². The fourth-order valence-electron chi connectivity index (χ4n) is 4.27. The second-order valence-corrected chi connectivity index (χ2v) is 8.27. The monoisotopic (exact) mass is 374 g/mol. The molecule has 0 spiro atoms. The van der Waals surface area contributed by atoms with E-state index in [1.807, 2.05) is 4.90 Å². The van der Waals surface area contributed by atoms with Gasteiger partial charge in [-0.3, -0.25) is 0 Å². The van der Waals surface area contributed by atoms with E-state index in [1.165, 1.54) is 12.1 Å². The summed E-state index contributed by atoms with van der Waals surface area (Å²) >= 11 is 0. The Bertz CT molecular complexity index is 826. The number of amides is 2. The number of nitrogens with zero attached hydrogens (tertiary/aromatic N) is 3. The van der Waals surface area contributed by atoms with Crippen LogP contribution in [0.15, 0.2) is 22.7 Å². The van der Waals surface area contributed by atoms with Crippen molar-refractivity contribution in [3.63, 3.8) is 0 Å². The van der Waals surface area contributed by atoms with Gasteiger partial charge in [0.2, 0.25) is 0 Å². The molecule has 1 N–H and O–H groups in total. The second-order valence-electron chi connectivity index (χ2n) is 8.27. The number of carbonyl (C=O) groups excluding carboxylic acids is 1. The summed E-state index contributed by atoms with van der Waals surface area (Å²) in [5.74, 6) is 0.0552. The molecule has 0 aliphatic carbocycles. The Kier molecular flexibility index (Phi) is 4.80. The summed E-state index contributed by atoms with van der Waals surface area (Å²) < 4.78 is 18.7. The molecule has 0 bridgehead atoms. The first kappa shape index (κ1) is 18.2. The van der Waals surface area contributed by atoms with Crippen LogP contribution < -0.4 is 5.32 Å². The van der Waals surface area contributed by atoms with Crippen molar-refractivity contribution in [1.29, 1.82) is 0 Å². The third-order valence-electron chi connectivity index (χ3n) is 6.06. The van der Waals surface area contributed by atoms with Crippen LogP contribution in [-0.4, -0.2) is 59.3 Å². The fourth-order valence-corrected chi connectivity index (χ4v) is 4.27. The third kappa shape index (κ3) is 3.65. The highest BCUT2D eigenvalue weighted by Crippen LogP contribution is 2.33. The maximum Gasteiger partial charge on any atom is 0.317 e. The lowest BCUT2D eigenvalue weighted by molar-refractivity contribution is 0.127. The molecule has 0 saturated carbocycles. The van der Waals surface area contributed by atoms with Gasteiger partial charge in [0.25, 0.3) is 0 Å². The summed E-state index contributed by atoms with van der Waals surface area (Å²) in [7, 11) is 0. The van der Waals surface area contributed by atoms with E-state index >= 15 is 0 Å². The summed E-state index contributed by atoms with van der Waals surface area (Å²) in [4.78, 5) is 16.3. The van der Waals surface area contributed by atoms with Crippen LogP contribution >= 0.6 is 0 Å². The highest BCUT2D eigenvalue weighted by atomic mass is 19.1. The van der Waals surface area contributed by atoms with E-state index in [2.05, 4.69) is 29.2 Å². The summed E-state index contributed by atoms with van der Waals surface area (Å²) in [5, 5.41) is 8.03. The van der Waals surface area contributed by atoms with Crippen LogP contribution in [0, 0.1) is 5.82 Å². The number of hydrogen-bond acceptors (Lipinski definition) is 4. The van der Waals surface area contributed by atoms with Crippen molar-refractivity contribution in [2.45, 2.75) is 44.6 Å². The number of carbonyl (C=O) groups is 1. The molecule has 0 radical (unpaired) electrons. The Morgan fingerprint density at radius 1 is 1.30 bits per heavy atom. The first-order chi connectivity index (χ1) is 12.9. The van der Waals surface area contributed by atoms with Crippen LogP contribution in [-0.2, 0) is 0 Å². The lowest BCUT2D eigenvalue weighted by Crippen LogP contribution is -2.48. The molecule has 2 fully saturated rings. The van der Waals surface area contributed by atoms with Gasteiger partial charge in [-0.2, -0.15) is 0 Å². The quantitative estimate of drug-likeness (QED) is 0.872. The van der Waals surface area contributed by atoms with Crippen LogP contribution in [0.25, 0.3) is 11.0 Å². The van der Waals surface area contributed by atoms with Crippen LogP contribution in [0.5, 0.6) is 0 Å². The standard InChI is InChI=1S/C20H27FN4O2/c1-20(2,25-12-8-22-19(25)26)7-11-24-9-5-14(6-10-24)18-16-4-3-15(21)13-17(16)27-23-18/h3-4,13-14H,5-12H2,1-2H3,(H,22,26). The minimum atomic E-state index is -0.297. The molecule has 2 aliphatic heterocycles. The van der Waals surface area contributed by atoms with Crippen molar-refractivity contribution in [1.82, 2.24) is 20.3 Å². The van der Waals surface area contributed by atoms with Crippen LogP contribution in [0.4, 0.5) is 9.18 Å². The zero-order valence-corrected chi connectivity index (χ0v) is 16.0. The summed E-state index contributed by atoms with van der Waals surface area (Å²) in [6.07, 6.45) is 2.99. The van der Waals surface area contributed by atoms with Crippen molar-refractivity contribution in [2.75, 3.05) is 32.7 Å². The van der Waals surface area contributed by atoms with Crippen molar-refractivity contribution >= 4 is 17.0 Å². The minimum absolute atomic E-state index is 0.0491. The first-order valence-electron chi connectivity index (χ1n) is 9.77. The molecule has 2 amide bonds. The zero-order chi connectivity index (χ0) is 19.0. The number of fused-ring (bicyclic) bond motifs is 1. The Morgan fingerprint density at radius 2 is 2.07 bits per heavy atom. The third-order valence-corrected chi connectivity index (χ3v) is 6.06. The Hall–Kier alpha value is -2.15. The minimum Gasteiger partial charge on any atom is -0.356 e. The van der Waals surface area contributed by atoms with Gasteiger partial charge in [-0.1, -0.05) is 5.16 Å². The molecule has 27 heavy (non-hydrogen) atoms. The molecule has 2 saturated heterocycles. The fraction of sp³-hybridized carbons (Fsp3) is 0.600. The number of benzene rings is 1. The highest BCUT2D eigenvalue weighted by Gasteiger charge is 2.34. The van der Waals surface area contributed by atoms with E-state index in [1.54, 1.807) is 6.07 Å². The van der Waals surface area contributed by atoms with E-state index in [4.69, 9.17) is 4.52 Å². The maximum absolute atomic E-state index is 13.3. The maximum atomic E-state index is 13.3. The smallest absolute Gasteiger partial charge is 0.317 e. The first-order valence-corrected chi connectivity index (χ1v) is 9.77. The topological polar surface area (TPSA) is 61.6 Å². The molecular weight excluding hydrogens is 347 g/mol. The number of urea groups is 1. The summed E-state index contributed by atoms with van der Waals surface area (Å²) in [6.45, 7) is 8.80. The molecule has 1 aromatic carbocycles. The van der Waals surface area contributed by atoms with E-state index in [0.717, 1.165) is 63.1 Å². The molecule has 4 rings (SSSR count). The lowest BCUT2D eigenvalue weighted by atomic mass is 9.91. The van der Waals surface area contributed by atoms with Gasteiger partial charge in [0.15, 0.2) is 5.58 Å². The van der Waals surface area contributed by atoms with Crippen molar-refractivity contribution in [3.8, 4) is 0 Å². The lowest BCUT2D eigenvalue weighted by Gasteiger charge is -2.38. The molecule has 0 atom stereocenters. The number of aromatic nitrogens is 1. The molecule has 0 unspecified atom stereocenters. The van der Waals surface area contributed by atoms with Gasteiger partial charge >= 0.3 is 6.03 Å². The Labute approximate surface area is 158 Å². The Morgan fingerprint density at radius 3 is 2.78 bits per heavy atom. The summed E-state index contributed by atoms with van der Waals surface area (Å²) in [5.41, 5.74) is 1.35. The normalized spacial score (nSPS) is 19.8. The highest BCUT2D eigenvalue weighted by molar-refractivity contribution is 5.80. The van der Waals surface area contributed by atoms with Crippen LogP contribution in [0.2, 0.25) is 0 Å². The predicted molar refractivity (Wildman–Crippen MR) is 101 cm³/mol. The van der Waals surface area contributed by atoms with E-state index in [-0.39, 0.29) is 17.4 Å². The van der Waals surface area contributed by atoms with E-state index in [0.29, 0.717) is 11.5 Å². The molecule has 6 nitrogen and oxygen atoms in total. The van der Waals surface area contributed by atoms with Gasteiger partial charge in [0.05, 0.1) is 5.69 Å². The number of hydrogen-bond donors (Lipinski definition) is 1. The second kappa shape index (κ2) is 7.11. The van der Waals surface area contributed by atoms with Gasteiger partial charge in [-0.25, -0.2) is 9.18 Å². The molecule has 3 heterocycles. The van der Waals surface area contributed by atoms with Gasteiger partial charge in [0, 0.05) is 42.5 Å². The Balaban J connectivity index is 1.33. The SMILES string of the molecule is CC(C)(CCN1CCC(c2noc3cc(F)ccc23)CC1)N1CCNC1=O. The molecule has 1 aromatic heterocycles. The van der Waals surface area contributed by atoms with E-state index in [9.17, 15) is 9.18 Å². The summed E-state index contributed by atoms with van der Waals surface area (Å²) in [6, 6.07) is 4.69. The average molecular weight is 374 g/mol. The van der Waals surface area contributed by atoms with Crippen molar-refractivity contribution in [3.05, 3.63) is 29.7 Å². The molecule has 146 valence electrons. The average Bonchev–Trinajstić information content (AvgIpc) is 3.26. The predicted octanol–water partition coefficient (Wildman–Crippen LogP) is 3.34. The van der Waals surface area contributed by atoms with E-state index < -0.39 is 0 Å². The molecule has 2 aromatic rings.